The first-order chi connectivity index (χ1) is 7.43. The van der Waals surface area contributed by atoms with Gasteiger partial charge in [-0.05, 0) is 6.07 Å². The molecule has 0 saturated carbocycles. The van der Waals surface area contributed by atoms with Crippen LogP contribution < -0.4 is 0 Å². The van der Waals surface area contributed by atoms with Gasteiger partial charge in [0.25, 0.3) is 0 Å². The van der Waals surface area contributed by atoms with Crippen LogP contribution in [0.5, 0.6) is 0 Å². The standard InChI is InChI=1S/C9H6N4S2/c1-3-14-8(10-1)6-5-7(13-12-6)9-11-2-4-15-9/h1-5H,(H,12,13). The van der Waals surface area contributed by atoms with Crippen LogP contribution in [0.3, 0.4) is 0 Å². The number of thiazole rings is 2. The fraction of sp³-hybridized carbons (Fsp3) is 0. The molecule has 0 saturated heterocycles. The van der Waals surface area contributed by atoms with Crippen LogP contribution in [-0.2, 0) is 0 Å². The molecule has 74 valence electrons. The lowest BCUT2D eigenvalue weighted by Crippen LogP contribution is -1.74. The minimum Gasteiger partial charge on any atom is -0.275 e. The number of aromatic nitrogens is 4. The molecule has 3 heterocycles. The molecule has 0 aliphatic rings. The normalized spacial score (nSPS) is 10.7. The number of nitrogens with one attached hydrogen (secondary N) is 1. The second kappa shape index (κ2) is 3.56. The second-order valence-corrected chi connectivity index (χ2v) is 4.63. The Morgan fingerprint density at radius 1 is 1.00 bits per heavy atom. The summed E-state index contributed by atoms with van der Waals surface area (Å²) in [4.78, 5) is 8.41. The first-order valence-corrected chi connectivity index (χ1v) is 6.04. The summed E-state index contributed by atoms with van der Waals surface area (Å²) in [7, 11) is 0. The maximum absolute atomic E-state index is 4.21. The summed E-state index contributed by atoms with van der Waals surface area (Å²) < 4.78 is 0. The molecule has 0 atom stereocenters. The van der Waals surface area contributed by atoms with Gasteiger partial charge in [-0.1, -0.05) is 0 Å². The summed E-state index contributed by atoms with van der Waals surface area (Å²) in [5, 5.41) is 12.9. The predicted molar refractivity (Wildman–Crippen MR) is 60.8 cm³/mol. The van der Waals surface area contributed by atoms with Crippen molar-refractivity contribution in [1.82, 2.24) is 20.2 Å². The van der Waals surface area contributed by atoms with Gasteiger partial charge in [-0.2, -0.15) is 5.10 Å². The molecule has 4 nitrogen and oxygen atoms in total. The smallest absolute Gasteiger partial charge is 0.143 e. The highest BCUT2D eigenvalue weighted by Gasteiger charge is 2.08. The molecule has 0 bridgehead atoms. The average molecular weight is 234 g/mol. The predicted octanol–water partition coefficient (Wildman–Crippen LogP) is 2.66. The number of nitrogens with zero attached hydrogens (tertiary/aromatic N) is 3. The molecule has 0 amide bonds. The number of aromatic amines is 1. The molecule has 0 aromatic carbocycles. The molecule has 0 aliphatic heterocycles. The minimum atomic E-state index is 0.871. The highest BCUT2D eigenvalue weighted by Crippen LogP contribution is 2.25. The topological polar surface area (TPSA) is 54.5 Å². The first kappa shape index (κ1) is 8.75. The van der Waals surface area contributed by atoms with Crippen molar-refractivity contribution in [3.63, 3.8) is 0 Å². The Morgan fingerprint density at radius 3 is 2.40 bits per heavy atom. The average Bonchev–Trinajstić information content (AvgIpc) is 3.02. The van der Waals surface area contributed by atoms with Crippen molar-refractivity contribution in [2.45, 2.75) is 0 Å². The Kier molecular flexibility index (Phi) is 2.08. The highest BCUT2D eigenvalue weighted by atomic mass is 32.1. The lowest BCUT2D eigenvalue weighted by atomic mass is 10.4. The third kappa shape index (κ3) is 1.57. The molecule has 1 N–H and O–H groups in total. The molecule has 3 rings (SSSR count). The molecule has 0 spiro atoms. The van der Waals surface area contributed by atoms with E-state index in [1.165, 1.54) is 0 Å². The van der Waals surface area contributed by atoms with Gasteiger partial charge in [0.2, 0.25) is 0 Å². The lowest BCUT2D eigenvalue weighted by Gasteiger charge is -1.85. The van der Waals surface area contributed by atoms with E-state index >= 15 is 0 Å². The van der Waals surface area contributed by atoms with Crippen LogP contribution in [0.15, 0.2) is 29.2 Å². The van der Waals surface area contributed by atoms with E-state index in [4.69, 9.17) is 0 Å². The van der Waals surface area contributed by atoms with Gasteiger partial charge in [-0.3, -0.25) is 5.10 Å². The van der Waals surface area contributed by atoms with Crippen LogP contribution in [0.4, 0.5) is 0 Å². The van der Waals surface area contributed by atoms with E-state index in [2.05, 4.69) is 20.2 Å². The zero-order valence-corrected chi connectivity index (χ0v) is 9.18. The van der Waals surface area contributed by atoms with Crippen molar-refractivity contribution in [3.8, 4) is 21.4 Å². The van der Waals surface area contributed by atoms with Gasteiger partial charge in [-0.15, -0.1) is 22.7 Å². The van der Waals surface area contributed by atoms with E-state index in [0.29, 0.717) is 0 Å². The maximum atomic E-state index is 4.21. The van der Waals surface area contributed by atoms with Crippen molar-refractivity contribution in [2.24, 2.45) is 0 Å². The Morgan fingerprint density at radius 2 is 1.73 bits per heavy atom. The van der Waals surface area contributed by atoms with E-state index in [-0.39, 0.29) is 0 Å². The molecule has 15 heavy (non-hydrogen) atoms. The summed E-state index contributed by atoms with van der Waals surface area (Å²) in [6, 6.07) is 1.97. The highest BCUT2D eigenvalue weighted by molar-refractivity contribution is 7.13. The molecule has 0 aliphatic carbocycles. The van der Waals surface area contributed by atoms with E-state index < -0.39 is 0 Å². The van der Waals surface area contributed by atoms with E-state index in [1.54, 1.807) is 35.1 Å². The molecular formula is C9H6N4S2. The summed E-state index contributed by atoms with van der Waals surface area (Å²) >= 11 is 3.16. The number of H-pyrrole nitrogens is 1. The SMILES string of the molecule is c1csc(-c2cc(-c3nccs3)[nH]n2)n1. The van der Waals surface area contributed by atoms with Gasteiger partial charge in [0.15, 0.2) is 0 Å². The van der Waals surface area contributed by atoms with Gasteiger partial charge in [0, 0.05) is 23.2 Å². The van der Waals surface area contributed by atoms with Crippen LogP contribution in [0, 0.1) is 0 Å². The Bertz CT molecular complexity index is 490. The molecule has 0 fully saturated rings. The van der Waals surface area contributed by atoms with Gasteiger partial charge >= 0.3 is 0 Å². The quantitative estimate of drug-likeness (QED) is 0.741. The number of hydrogen-bond donors (Lipinski definition) is 1. The van der Waals surface area contributed by atoms with Crippen LogP contribution >= 0.6 is 22.7 Å². The van der Waals surface area contributed by atoms with E-state index in [9.17, 15) is 0 Å². The van der Waals surface area contributed by atoms with Crippen LogP contribution in [0.1, 0.15) is 0 Å². The van der Waals surface area contributed by atoms with Crippen LogP contribution in [-0.4, -0.2) is 20.2 Å². The summed E-state index contributed by atoms with van der Waals surface area (Å²) in [6.07, 6.45) is 3.56. The molecule has 3 aromatic rings. The fourth-order valence-electron chi connectivity index (χ4n) is 1.25. The Balaban J connectivity index is 2.02. The summed E-state index contributed by atoms with van der Waals surface area (Å²) in [5.41, 5.74) is 1.81. The van der Waals surface area contributed by atoms with Crippen LogP contribution in [0.2, 0.25) is 0 Å². The molecule has 3 aromatic heterocycles. The minimum absolute atomic E-state index is 0.871. The third-order valence-corrected chi connectivity index (χ3v) is 3.49. The van der Waals surface area contributed by atoms with Crippen LogP contribution in [0.25, 0.3) is 21.4 Å². The molecule has 0 radical (unpaired) electrons. The van der Waals surface area contributed by atoms with Gasteiger partial charge in [0.1, 0.15) is 15.7 Å². The van der Waals surface area contributed by atoms with Crippen molar-refractivity contribution >= 4 is 22.7 Å². The second-order valence-electron chi connectivity index (χ2n) is 2.84. The lowest BCUT2D eigenvalue weighted by molar-refractivity contribution is 1.09. The van der Waals surface area contributed by atoms with E-state index in [0.717, 1.165) is 21.4 Å². The first-order valence-electron chi connectivity index (χ1n) is 4.28. The number of hydrogen-bond acceptors (Lipinski definition) is 5. The monoisotopic (exact) mass is 234 g/mol. The van der Waals surface area contributed by atoms with Crippen molar-refractivity contribution in [3.05, 3.63) is 29.2 Å². The summed E-state index contributed by atoms with van der Waals surface area (Å²) in [5.74, 6) is 0. The number of rotatable bonds is 2. The van der Waals surface area contributed by atoms with Crippen molar-refractivity contribution in [2.75, 3.05) is 0 Å². The fourth-order valence-corrected chi connectivity index (χ4v) is 2.45. The Labute approximate surface area is 93.7 Å². The maximum Gasteiger partial charge on any atom is 0.143 e. The van der Waals surface area contributed by atoms with Gasteiger partial charge < -0.3 is 0 Å². The third-order valence-electron chi connectivity index (χ3n) is 1.89. The molecule has 0 unspecified atom stereocenters. The summed E-state index contributed by atoms with van der Waals surface area (Å²) in [6.45, 7) is 0. The van der Waals surface area contributed by atoms with Crippen molar-refractivity contribution in [1.29, 1.82) is 0 Å². The van der Waals surface area contributed by atoms with Gasteiger partial charge in [0.05, 0.1) is 5.69 Å². The Hall–Kier alpha value is -1.53. The molecule has 6 heteroatoms. The zero-order valence-electron chi connectivity index (χ0n) is 7.54. The van der Waals surface area contributed by atoms with E-state index in [1.807, 2.05) is 16.8 Å². The molecular weight excluding hydrogens is 228 g/mol. The van der Waals surface area contributed by atoms with Gasteiger partial charge in [-0.25, -0.2) is 9.97 Å². The largest absolute Gasteiger partial charge is 0.275 e. The zero-order chi connectivity index (χ0) is 10.1. The van der Waals surface area contributed by atoms with Crippen molar-refractivity contribution < 1.29 is 0 Å².